The Hall–Kier alpha value is -1.59. The first kappa shape index (κ1) is 12.4. The second-order valence-corrected chi connectivity index (χ2v) is 5.79. The third kappa shape index (κ3) is 2.88. The van der Waals surface area contributed by atoms with Crippen LogP contribution in [0.4, 0.5) is 0 Å². The molecule has 1 heterocycles. The molecule has 1 aliphatic carbocycles. The number of ether oxygens (including phenoxy) is 1. The van der Waals surface area contributed by atoms with Crippen molar-refractivity contribution in [2.24, 2.45) is 0 Å². The van der Waals surface area contributed by atoms with Crippen molar-refractivity contribution in [3.8, 4) is 22.1 Å². The fourth-order valence-electron chi connectivity index (χ4n) is 1.88. The van der Waals surface area contributed by atoms with Gasteiger partial charge in [-0.3, -0.25) is 0 Å². The van der Waals surface area contributed by atoms with Crippen LogP contribution in [0.5, 0.6) is 11.5 Å². The fraction of sp³-hybridized carbons (Fsp3) is 0.357. The topological polar surface area (TPSA) is 54.4 Å². The minimum Gasteiger partial charge on any atom is -0.504 e. The van der Waals surface area contributed by atoms with Crippen LogP contribution in [0, 0.1) is 0 Å². The van der Waals surface area contributed by atoms with E-state index in [4.69, 9.17) is 4.74 Å². The number of benzene rings is 1. The van der Waals surface area contributed by atoms with Gasteiger partial charge in [-0.2, -0.15) is 0 Å². The highest BCUT2D eigenvalue weighted by molar-refractivity contribution is 7.15. The van der Waals surface area contributed by atoms with Crippen molar-refractivity contribution in [3.63, 3.8) is 0 Å². The van der Waals surface area contributed by atoms with Crippen LogP contribution < -0.4 is 10.1 Å². The van der Waals surface area contributed by atoms with Gasteiger partial charge < -0.3 is 15.2 Å². The molecule has 3 rings (SSSR count). The molecule has 0 amide bonds. The van der Waals surface area contributed by atoms with Crippen LogP contribution in [0.25, 0.3) is 10.6 Å². The van der Waals surface area contributed by atoms with Gasteiger partial charge in [-0.15, -0.1) is 11.3 Å². The number of phenolic OH excluding ortho intramolecular Hbond substituents is 1. The number of hydrogen-bond acceptors (Lipinski definition) is 5. The first-order chi connectivity index (χ1) is 9.26. The standard InChI is InChI=1S/C14H16N2O2S/c1-18-13-5-2-9(6-12(13)17)14-16-8-11(19-14)7-15-10-3-4-10/h2,5-6,8,10,15,17H,3-4,7H2,1H3. The van der Waals surface area contributed by atoms with E-state index in [1.807, 2.05) is 12.3 Å². The summed E-state index contributed by atoms with van der Waals surface area (Å²) >= 11 is 1.65. The van der Waals surface area contributed by atoms with E-state index in [0.717, 1.165) is 17.1 Å². The maximum atomic E-state index is 9.78. The van der Waals surface area contributed by atoms with Crippen LogP contribution in [-0.4, -0.2) is 23.2 Å². The number of rotatable bonds is 5. The third-order valence-electron chi connectivity index (χ3n) is 3.12. The smallest absolute Gasteiger partial charge is 0.160 e. The van der Waals surface area contributed by atoms with Crippen LogP contribution in [0.3, 0.4) is 0 Å². The first-order valence-electron chi connectivity index (χ1n) is 6.32. The lowest BCUT2D eigenvalue weighted by atomic mass is 10.2. The van der Waals surface area contributed by atoms with Crippen LogP contribution in [0.1, 0.15) is 17.7 Å². The Balaban J connectivity index is 1.75. The van der Waals surface area contributed by atoms with E-state index < -0.39 is 0 Å². The molecule has 5 heteroatoms. The zero-order valence-electron chi connectivity index (χ0n) is 10.7. The number of nitrogens with zero attached hydrogens (tertiary/aromatic N) is 1. The van der Waals surface area contributed by atoms with Gasteiger partial charge in [0.15, 0.2) is 11.5 Å². The molecule has 0 bridgehead atoms. The monoisotopic (exact) mass is 276 g/mol. The quantitative estimate of drug-likeness (QED) is 0.881. The second-order valence-electron chi connectivity index (χ2n) is 4.67. The largest absolute Gasteiger partial charge is 0.504 e. The number of aromatic hydroxyl groups is 1. The predicted molar refractivity (Wildman–Crippen MR) is 75.6 cm³/mol. The molecule has 2 aromatic rings. The van der Waals surface area contributed by atoms with Crippen molar-refractivity contribution < 1.29 is 9.84 Å². The van der Waals surface area contributed by atoms with Gasteiger partial charge in [0, 0.05) is 29.2 Å². The Kier molecular flexibility index (Phi) is 3.40. The highest BCUT2D eigenvalue weighted by Crippen LogP contribution is 2.33. The Bertz CT molecular complexity index is 579. The molecule has 0 atom stereocenters. The molecule has 19 heavy (non-hydrogen) atoms. The van der Waals surface area contributed by atoms with Gasteiger partial charge in [0.25, 0.3) is 0 Å². The highest BCUT2D eigenvalue weighted by Gasteiger charge is 2.20. The number of hydrogen-bond donors (Lipinski definition) is 2. The van der Waals surface area contributed by atoms with Gasteiger partial charge >= 0.3 is 0 Å². The number of aromatic nitrogens is 1. The molecule has 100 valence electrons. The second kappa shape index (κ2) is 5.19. The molecular formula is C14H16N2O2S. The lowest BCUT2D eigenvalue weighted by molar-refractivity contribution is 0.373. The predicted octanol–water partition coefficient (Wildman–Crippen LogP) is 2.78. The molecule has 1 fully saturated rings. The average molecular weight is 276 g/mol. The molecule has 1 aromatic heterocycles. The minimum atomic E-state index is 0.146. The Morgan fingerprint density at radius 2 is 2.32 bits per heavy atom. The summed E-state index contributed by atoms with van der Waals surface area (Å²) in [5.41, 5.74) is 0.918. The summed E-state index contributed by atoms with van der Waals surface area (Å²) < 4.78 is 5.04. The molecule has 0 spiro atoms. The van der Waals surface area contributed by atoms with Gasteiger partial charge in [0.2, 0.25) is 0 Å². The van der Waals surface area contributed by atoms with Crippen LogP contribution in [0.2, 0.25) is 0 Å². The van der Waals surface area contributed by atoms with Crippen molar-refractivity contribution >= 4 is 11.3 Å². The van der Waals surface area contributed by atoms with Gasteiger partial charge in [-0.05, 0) is 31.0 Å². The number of thiazole rings is 1. The molecule has 1 aliphatic rings. The third-order valence-corrected chi connectivity index (χ3v) is 4.17. The van der Waals surface area contributed by atoms with Gasteiger partial charge in [-0.1, -0.05) is 0 Å². The molecule has 0 aliphatic heterocycles. The maximum absolute atomic E-state index is 9.78. The van der Waals surface area contributed by atoms with E-state index >= 15 is 0 Å². The first-order valence-corrected chi connectivity index (χ1v) is 7.13. The molecule has 1 saturated carbocycles. The number of phenols is 1. The van der Waals surface area contributed by atoms with E-state index in [-0.39, 0.29) is 5.75 Å². The highest BCUT2D eigenvalue weighted by atomic mass is 32.1. The number of methoxy groups -OCH3 is 1. The summed E-state index contributed by atoms with van der Waals surface area (Å²) in [6.45, 7) is 0.879. The summed E-state index contributed by atoms with van der Waals surface area (Å²) in [6.07, 6.45) is 4.48. The molecule has 1 aromatic carbocycles. The molecule has 0 saturated heterocycles. The summed E-state index contributed by atoms with van der Waals surface area (Å²) in [7, 11) is 1.54. The van der Waals surface area contributed by atoms with Crippen molar-refractivity contribution in [1.29, 1.82) is 0 Å². The summed E-state index contributed by atoms with van der Waals surface area (Å²) in [5.74, 6) is 0.629. The van der Waals surface area contributed by atoms with E-state index in [0.29, 0.717) is 11.8 Å². The number of nitrogens with one attached hydrogen (secondary N) is 1. The van der Waals surface area contributed by atoms with Crippen molar-refractivity contribution in [2.75, 3.05) is 7.11 Å². The minimum absolute atomic E-state index is 0.146. The van der Waals surface area contributed by atoms with Crippen LogP contribution in [0.15, 0.2) is 24.4 Å². The molecule has 0 radical (unpaired) electrons. The zero-order chi connectivity index (χ0) is 13.2. The van der Waals surface area contributed by atoms with Gasteiger partial charge in [-0.25, -0.2) is 4.98 Å². The van der Waals surface area contributed by atoms with E-state index in [9.17, 15) is 5.11 Å². The van der Waals surface area contributed by atoms with Gasteiger partial charge in [0.1, 0.15) is 5.01 Å². The van der Waals surface area contributed by atoms with Crippen LogP contribution in [-0.2, 0) is 6.54 Å². The Morgan fingerprint density at radius 3 is 3.00 bits per heavy atom. The van der Waals surface area contributed by atoms with Crippen molar-refractivity contribution in [1.82, 2.24) is 10.3 Å². The summed E-state index contributed by atoms with van der Waals surface area (Å²) in [5, 5.41) is 14.2. The Morgan fingerprint density at radius 1 is 1.47 bits per heavy atom. The Labute approximate surface area is 116 Å². The van der Waals surface area contributed by atoms with Gasteiger partial charge in [0.05, 0.1) is 7.11 Å². The average Bonchev–Trinajstić information content (AvgIpc) is 3.13. The van der Waals surface area contributed by atoms with Crippen molar-refractivity contribution in [3.05, 3.63) is 29.3 Å². The lowest BCUT2D eigenvalue weighted by Crippen LogP contribution is -2.14. The lowest BCUT2D eigenvalue weighted by Gasteiger charge is -2.04. The van der Waals surface area contributed by atoms with Crippen LogP contribution >= 0.6 is 11.3 Å². The molecule has 2 N–H and O–H groups in total. The van der Waals surface area contributed by atoms with E-state index in [1.165, 1.54) is 17.7 Å². The molecule has 4 nitrogen and oxygen atoms in total. The van der Waals surface area contributed by atoms with E-state index in [2.05, 4.69) is 10.3 Å². The SMILES string of the molecule is COc1ccc(-c2ncc(CNC3CC3)s2)cc1O. The normalized spacial score (nSPS) is 14.6. The molecule has 0 unspecified atom stereocenters. The zero-order valence-corrected chi connectivity index (χ0v) is 11.5. The van der Waals surface area contributed by atoms with E-state index in [1.54, 1.807) is 30.6 Å². The summed E-state index contributed by atoms with van der Waals surface area (Å²) in [6, 6.07) is 6.06. The maximum Gasteiger partial charge on any atom is 0.160 e. The fourth-order valence-corrected chi connectivity index (χ4v) is 2.74. The summed E-state index contributed by atoms with van der Waals surface area (Å²) in [4.78, 5) is 5.63. The van der Waals surface area contributed by atoms with Crippen molar-refractivity contribution in [2.45, 2.75) is 25.4 Å². The molecular weight excluding hydrogens is 260 g/mol.